The highest BCUT2D eigenvalue weighted by molar-refractivity contribution is 7.66. The van der Waals surface area contributed by atoms with Gasteiger partial charge in [-0.3, -0.25) is 14.1 Å². The number of phosphoric acid groups is 3. The third-order valence-electron chi connectivity index (χ3n) is 17.1. The van der Waals surface area contributed by atoms with E-state index in [0.29, 0.717) is 33.4 Å². The molecule has 6 aliphatic heterocycles. The molecule has 7 N–H and O–H groups in total. The average molecular weight is 1330 g/mol. The van der Waals surface area contributed by atoms with Gasteiger partial charge in [0.1, 0.15) is 67.2 Å². The molecule has 484 valence electrons. The normalized spacial score (nSPS) is 19.0. The second-order valence-electron chi connectivity index (χ2n) is 22.9. The molecule has 1 fully saturated rings. The van der Waals surface area contributed by atoms with Crippen molar-refractivity contribution in [2.24, 2.45) is 10.2 Å². The summed E-state index contributed by atoms with van der Waals surface area (Å²) < 4.78 is 77.0. The number of ether oxygens (including phenoxy) is 4. The predicted octanol–water partition coefficient (Wildman–Crippen LogP) is 8.30. The molecule has 33 heteroatoms. The van der Waals surface area contributed by atoms with Gasteiger partial charge in [0.2, 0.25) is 5.36 Å². The van der Waals surface area contributed by atoms with Gasteiger partial charge in [-0.25, -0.2) is 33.0 Å². The number of hydrogen-bond donors (Lipinski definition) is 6. The van der Waals surface area contributed by atoms with E-state index in [4.69, 9.17) is 44.5 Å². The Morgan fingerprint density at radius 2 is 1.60 bits per heavy atom. The molecule has 6 aliphatic rings. The van der Waals surface area contributed by atoms with Gasteiger partial charge in [0, 0.05) is 112 Å². The van der Waals surface area contributed by atoms with Crippen molar-refractivity contribution in [2.75, 3.05) is 56.8 Å². The second-order valence-corrected chi connectivity index (χ2v) is 27.4. The molecule has 93 heavy (non-hydrogen) atoms. The van der Waals surface area contributed by atoms with Gasteiger partial charge in [0.15, 0.2) is 11.6 Å². The zero-order valence-corrected chi connectivity index (χ0v) is 52.4. The van der Waals surface area contributed by atoms with Gasteiger partial charge in [-0.1, -0.05) is 28.1 Å². The molecule has 5 atom stereocenters. The largest absolute Gasteiger partial charge is 0.494 e. The molecule has 2 aromatic heterocycles. The van der Waals surface area contributed by atoms with E-state index in [2.05, 4.69) is 72.1 Å². The van der Waals surface area contributed by atoms with E-state index < -0.39 is 61.2 Å². The summed E-state index contributed by atoms with van der Waals surface area (Å²) in [7, 11) is -17.1. The first-order valence-corrected chi connectivity index (χ1v) is 34.5. The van der Waals surface area contributed by atoms with E-state index in [-0.39, 0.29) is 79.4 Å². The lowest BCUT2D eigenvalue weighted by atomic mass is 9.81. The zero-order chi connectivity index (χ0) is 65.3. The van der Waals surface area contributed by atoms with E-state index in [9.17, 15) is 48.5 Å². The van der Waals surface area contributed by atoms with Crippen molar-refractivity contribution in [1.82, 2.24) is 19.1 Å². The number of benzene rings is 4. The fourth-order valence-corrected chi connectivity index (χ4v) is 16.4. The maximum atomic E-state index is 14.3. The number of Topliss-reactive ketones (excluding diaryl/α,β-unsaturated/α-hetero) is 2. The third-order valence-corrected chi connectivity index (χ3v) is 20.9. The van der Waals surface area contributed by atoms with Crippen LogP contribution in [0.5, 0.6) is 17.2 Å². The number of azide groups is 2. The molecule has 1 saturated heterocycles. The van der Waals surface area contributed by atoms with Gasteiger partial charge in [0.25, 0.3) is 0 Å². The number of aromatic nitrogens is 3. The number of nitrogens with two attached hydrogens (primary N) is 1. The maximum Gasteiger partial charge on any atom is 0.490 e. The summed E-state index contributed by atoms with van der Waals surface area (Å²) >= 11 is 0. The van der Waals surface area contributed by atoms with Crippen LogP contribution in [0.25, 0.3) is 37.5 Å². The van der Waals surface area contributed by atoms with Crippen LogP contribution >= 0.6 is 23.5 Å². The molecule has 0 aliphatic carbocycles. The molecule has 0 spiro atoms. The number of aromatic carboxylic acids is 1. The number of carbonyl (C=O) groups excluding carboxylic acids is 2. The third kappa shape index (κ3) is 13.9. The molecule has 6 aromatic rings. The van der Waals surface area contributed by atoms with Crippen LogP contribution in [-0.4, -0.2) is 115 Å². The summed E-state index contributed by atoms with van der Waals surface area (Å²) in [6.45, 7) is 2.41. The number of phosphoric ester groups is 1. The van der Waals surface area contributed by atoms with Gasteiger partial charge in [-0.2, -0.15) is 8.62 Å². The Morgan fingerprint density at radius 3 is 2.39 bits per heavy atom. The number of fused-ring (bicyclic) bond motifs is 5. The van der Waals surface area contributed by atoms with Gasteiger partial charge < -0.3 is 58.8 Å². The quantitative estimate of drug-likeness (QED) is 0.00484. The van der Waals surface area contributed by atoms with E-state index >= 15 is 0 Å². The molecule has 12 rings (SSSR count). The Labute approximate surface area is 529 Å². The number of carbonyl (C=O) groups is 3. The highest BCUT2D eigenvalue weighted by atomic mass is 31.3. The number of carboxylic acids is 1. The fraction of sp³-hybridized carbons (Fsp3) is 0.400. The Balaban J connectivity index is 0.727. The van der Waals surface area contributed by atoms with E-state index in [1.807, 2.05) is 0 Å². The van der Waals surface area contributed by atoms with Crippen molar-refractivity contribution in [3.63, 3.8) is 0 Å². The van der Waals surface area contributed by atoms with Crippen LogP contribution in [0.4, 0.5) is 11.5 Å². The Morgan fingerprint density at radius 1 is 0.839 bits per heavy atom. The monoisotopic (exact) mass is 1330 g/mol. The number of ketones is 2. The minimum absolute atomic E-state index is 0.0228. The highest BCUT2D eigenvalue weighted by Gasteiger charge is 2.44. The first-order chi connectivity index (χ1) is 44.7. The van der Waals surface area contributed by atoms with Gasteiger partial charge in [-0.05, 0) is 115 Å². The lowest BCUT2D eigenvalue weighted by molar-refractivity contribution is -0.0582. The Bertz CT molecular complexity index is 4550. The summed E-state index contributed by atoms with van der Waals surface area (Å²) in [6.07, 6.45) is 7.07. The first kappa shape index (κ1) is 64.8. The average Bonchev–Trinajstić information content (AvgIpc) is 1.37. The Hall–Kier alpha value is -8.31. The summed E-state index contributed by atoms with van der Waals surface area (Å²) in [5.74, 6) is 6.28. The lowest BCUT2D eigenvalue weighted by Gasteiger charge is -2.39. The van der Waals surface area contributed by atoms with Crippen molar-refractivity contribution in [2.45, 2.75) is 108 Å². The number of aryl methyl sites for hydroxylation is 2. The number of anilines is 2. The number of nitrogens with zero attached hydrogens (tertiary/aromatic N) is 11. The number of hydrogen-bond acceptors (Lipinski definition) is 19. The minimum Gasteiger partial charge on any atom is -0.494 e. The molecule has 0 radical (unpaired) electrons. The van der Waals surface area contributed by atoms with Gasteiger partial charge in [0.05, 0.1) is 47.9 Å². The molecule has 0 saturated carbocycles. The molecule has 8 heterocycles. The van der Waals surface area contributed by atoms with Gasteiger partial charge >= 0.3 is 29.4 Å². The second kappa shape index (κ2) is 27.0. The molecule has 0 bridgehead atoms. The standard InChI is InChI=1S/C60H61N12O18P3/c61-58-52-37(30-72(59(52)65-32-64-58)51-28-49(85-33-67-69-63)50(87-51)31-86-92(80,81)90-93(82,83)89-91(77,78)79)8-1-2-13-48(74)40-18-16-39(24-38(40)29-66-68-62)84-23-7-14-47(73)34-15-17-41(60(75)76)44(25-34)53-45-26-35-9-3-19-70-21-5-11-42(54(35)70)56(45)88-57-43-12-6-22-71-20-4-10-36(55(43)71)27-46(53)57/h15-18,24-27,30,32,49-51H,2-7,9-14,19-23,28-29,31,33H2,(H6-,61,64,65,75,76,77,78,79,80,81,82,83)/p+1/t49?,50-,51-/m1/s1. The smallest absolute Gasteiger partial charge is 0.490 e. The van der Waals surface area contributed by atoms with E-state index in [1.165, 1.54) is 45.3 Å². The van der Waals surface area contributed by atoms with Crippen LogP contribution in [0, 0.1) is 11.8 Å². The summed E-state index contributed by atoms with van der Waals surface area (Å²) in [6, 6.07) is 14.0. The first-order valence-electron chi connectivity index (χ1n) is 30.0. The fourth-order valence-electron chi connectivity index (χ4n) is 13.4. The van der Waals surface area contributed by atoms with E-state index in [1.54, 1.807) is 30.3 Å². The van der Waals surface area contributed by atoms with Crippen molar-refractivity contribution < 1.29 is 84.9 Å². The number of carboxylic acid groups (broad SMARTS) is 1. The van der Waals surface area contributed by atoms with Crippen LogP contribution in [0.2, 0.25) is 0 Å². The number of rotatable bonds is 24. The zero-order valence-electron chi connectivity index (χ0n) is 49.7. The summed E-state index contributed by atoms with van der Waals surface area (Å²) in [5.41, 5.74) is 34.1. The molecule has 30 nitrogen and oxygen atoms in total. The summed E-state index contributed by atoms with van der Waals surface area (Å²) in [4.78, 5) is 95.3. The van der Waals surface area contributed by atoms with E-state index in [0.717, 1.165) is 117 Å². The molecule has 4 aromatic carbocycles. The molecule has 0 amide bonds. The predicted molar refractivity (Wildman–Crippen MR) is 332 cm³/mol. The van der Waals surface area contributed by atoms with Crippen molar-refractivity contribution in [3.05, 3.63) is 154 Å². The lowest BCUT2D eigenvalue weighted by Crippen LogP contribution is -2.45. The topological polar surface area (TPSA) is 429 Å². The van der Waals surface area contributed by atoms with Crippen LogP contribution < -0.4 is 35.3 Å². The minimum atomic E-state index is -5.83. The SMILES string of the molecule is [N-]=[N+]=NCOC1C[C@H](n2cc(C#CCCC(=O)c3ccc(OCCCC(=O)c4ccc(C(=O)O)c(C5=c6cc7c8c(c6Oc6c5cc5c9c6CCCN9CCC5)CCC[N+]=8CCC7)c4)cc3CN=[N+]=[N-])c3c(N)ncnc32)O[C@@H]1COP(=O)(O)OP(=O)(O)OP(=O)(O)O. The number of nitrogen functional groups attached to an aromatic ring is 1. The molecule has 3 unspecified atom stereocenters. The molecular weight excluding hydrogens is 1270 g/mol. The summed E-state index contributed by atoms with van der Waals surface area (Å²) in [5, 5.41) is 20.3. The van der Waals surface area contributed by atoms with Crippen LogP contribution in [0.1, 0.15) is 140 Å². The Kier molecular flexibility index (Phi) is 18.8. The van der Waals surface area contributed by atoms with Crippen LogP contribution in [0.15, 0.2) is 71.3 Å². The van der Waals surface area contributed by atoms with Crippen molar-refractivity contribution >= 4 is 69.1 Å². The highest BCUT2D eigenvalue weighted by Crippen LogP contribution is 2.66. The van der Waals surface area contributed by atoms with Crippen LogP contribution in [-0.2, 0) is 68.5 Å². The molecular formula is C60H62N12O18P3+. The van der Waals surface area contributed by atoms with Crippen LogP contribution in [0.3, 0.4) is 0 Å². The van der Waals surface area contributed by atoms with Crippen molar-refractivity contribution in [3.8, 4) is 29.1 Å². The maximum absolute atomic E-state index is 14.3. The van der Waals surface area contributed by atoms with Gasteiger partial charge in [-0.15, -0.1) is 0 Å². The van der Waals surface area contributed by atoms with Crippen molar-refractivity contribution in [1.29, 1.82) is 0 Å².